The molecule has 214 valence electrons. The van der Waals surface area contributed by atoms with Crippen LogP contribution in [0.3, 0.4) is 0 Å². The number of aromatic nitrogens is 2. The van der Waals surface area contributed by atoms with Gasteiger partial charge in [-0.1, -0.05) is 0 Å². The smallest absolute Gasteiger partial charge is 0.326 e. The molecule has 0 fully saturated rings. The van der Waals surface area contributed by atoms with Gasteiger partial charge in [-0.05, 0) is 58.0 Å². The molecular formula is C23H40N8O7. The summed E-state index contributed by atoms with van der Waals surface area (Å²) in [5.74, 6) is -4.60. The van der Waals surface area contributed by atoms with Crippen LogP contribution in [0, 0.1) is 0 Å². The Morgan fingerprint density at radius 2 is 1.34 bits per heavy atom. The van der Waals surface area contributed by atoms with E-state index in [0.29, 0.717) is 44.5 Å². The molecule has 0 aliphatic carbocycles. The van der Waals surface area contributed by atoms with Crippen LogP contribution < -0.4 is 33.2 Å². The molecule has 15 nitrogen and oxygen atoms in total. The van der Waals surface area contributed by atoms with Crippen molar-refractivity contribution in [2.45, 2.75) is 82.0 Å². The van der Waals surface area contributed by atoms with E-state index >= 15 is 0 Å². The fourth-order valence-electron chi connectivity index (χ4n) is 3.60. The first-order chi connectivity index (χ1) is 18.1. The number of carboxylic acids is 2. The molecule has 1 heterocycles. The normalized spacial score (nSPS) is 14.1. The number of H-pyrrole nitrogens is 1. The van der Waals surface area contributed by atoms with Gasteiger partial charge in [-0.15, -0.1) is 0 Å². The van der Waals surface area contributed by atoms with Crippen molar-refractivity contribution in [3.63, 3.8) is 0 Å². The Labute approximate surface area is 220 Å². The molecule has 0 aliphatic heterocycles. The number of unbranched alkanes of at least 4 members (excludes halogenated alkanes) is 2. The fourth-order valence-corrected chi connectivity index (χ4v) is 3.60. The summed E-state index contributed by atoms with van der Waals surface area (Å²) in [6, 6.07) is -4.57. The number of rotatable bonds is 20. The highest BCUT2D eigenvalue weighted by atomic mass is 16.4. The van der Waals surface area contributed by atoms with Crippen molar-refractivity contribution >= 4 is 29.7 Å². The van der Waals surface area contributed by atoms with Crippen molar-refractivity contribution in [3.05, 3.63) is 18.2 Å². The molecular weight excluding hydrogens is 500 g/mol. The van der Waals surface area contributed by atoms with Gasteiger partial charge in [0.05, 0.1) is 12.4 Å². The highest BCUT2D eigenvalue weighted by Crippen LogP contribution is 2.08. The number of aromatic amines is 1. The van der Waals surface area contributed by atoms with Crippen molar-refractivity contribution in [1.29, 1.82) is 0 Å². The van der Waals surface area contributed by atoms with E-state index in [2.05, 4.69) is 25.9 Å². The van der Waals surface area contributed by atoms with E-state index in [1.165, 1.54) is 12.5 Å². The minimum atomic E-state index is -1.45. The van der Waals surface area contributed by atoms with Crippen LogP contribution in [-0.2, 0) is 30.4 Å². The number of nitrogens with one attached hydrogen (secondary N) is 4. The van der Waals surface area contributed by atoms with Gasteiger partial charge in [-0.3, -0.25) is 19.2 Å². The quantitative estimate of drug-likeness (QED) is 0.0811. The summed E-state index contributed by atoms with van der Waals surface area (Å²) in [7, 11) is 0. The second kappa shape index (κ2) is 17.8. The summed E-state index contributed by atoms with van der Waals surface area (Å²) < 4.78 is 0. The molecule has 12 N–H and O–H groups in total. The van der Waals surface area contributed by atoms with Crippen LogP contribution in [-0.4, -0.2) is 87.1 Å². The number of aliphatic carboxylic acids is 2. The third-order valence-corrected chi connectivity index (χ3v) is 5.75. The lowest BCUT2D eigenvalue weighted by molar-refractivity contribution is -0.143. The van der Waals surface area contributed by atoms with Gasteiger partial charge in [0.25, 0.3) is 0 Å². The number of carbonyl (C=O) groups is 5. The van der Waals surface area contributed by atoms with E-state index in [-0.39, 0.29) is 25.7 Å². The highest BCUT2D eigenvalue weighted by Gasteiger charge is 2.30. The lowest BCUT2D eigenvalue weighted by atomic mass is 10.0. The number of nitrogens with two attached hydrogens (primary N) is 3. The zero-order chi connectivity index (χ0) is 28.5. The largest absolute Gasteiger partial charge is 0.481 e. The van der Waals surface area contributed by atoms with Crippen LogP contribution >= 0.6 is 0 Å². The molecule has 0 saturated carbocycles. The maximum Gasteiger partial charge on any atom is 0.326 e. The minimum Gasteiger partial charge on any atom is -0.481 e. The standard InChI is InChI=1S/C23H40N8O7/c24-9-3-1-5-16(29-20(34)15(26)11-14-12-27-13-28-14)21(35)30-17(6-2-4-10-25)22(36)31-18(23(37)38)7-8-19(32)33/h12-13,15-18H,1-11,24-26H2,(H,27,28)(H,29,34)(H,30,35)(H,31,36)(H,32,33)(H,37,38). The van der Waals surface area contributed by atoms with Crippen molar-refractivity contribution in [3.8, 4) is 0 Å². The van der Waals surface area contributed by atoms with Gasteiger partial charge in [-0.25, -0.2) is 9.78 Å². The van der Waals surface area contributed by atoms with Crippen LogP contribution in [0.4, 0.5) is 0 Å². The highest BCUT2D eigenvalue weighted by molar-refractivity contribution is 5.94. The summed E-state index contributed by atoms with van der Waals surface area (Å²) in [5, 5.41) is 25.8. The third kappa shape index (κ3) is 12.6. The Morgan fingerprint density at radius 1 is 0.816 bits per heavy atom. The predicted octanol–water partition coefficient (Wildman–Crippen LogP) is -2.06. The molecule has 15 heteroatoms. The lowest BCUT2D eigenvalue weighted by Crippen LogP contribution is -2.57. The second-order valence-electron chi connectivity index (χ2n) is 8.91. The third-order valence-electron chi connectivity index (χ3n) is 5.75. The monoisotopic (exact) mass is 540 g/mol. The van der Waals surface area contributed by atoms with Gasteiger partial charge in [0.1, 0.15) is 18.1 Å². The molecule has 1 aromatic heterocycles. The molecule has 0 spiro atoms. The van der Waals surface area contributed by atoms with Crippen molar-refractivity contribution in [2.75, 3.05) is 13.1 Å². The average Bonchev–Trinajstić information content (AvgIpc) is 3.37. The summed E-state index contributed by atoms with van der Waals surface area (Å²) in [5.41, 5.74) is 17.7. The summed E-state index contributed by atoms with van der Waals surface area (Å²) in [6.45, 7) is 0.739. The summed E-state index contributed by atoms with van der Waals surface area (Å²) in [6.07, 6.45) is 4.89. The van der Waals surface area contributed by atoms with E-state index < -0.39 is 60.2 Å². The summed E-state index contributed by atoms with van der Waals surface area (Å²) >= 11 is 0. The number of carboxylic acid groups (broad SMARTS) is 2. The van der Waals surface area contributed by atoms with E-state index in [0.717, 1.165) is 0 Å². The molecule has 1 aromatic rings. The van der Waals surface area contributed by atoms with Crippen molar-refractivity contribution in [2.24, 2.45) is 17.2 Å². The Kier molecular flexibility index (Phi) is 15.2. The van der Waals surface area contributed by atoms with E-state index in [1.54, 1.807) is 0 Å². The number of hydrogen-bond donors (Lipinski definition) is 9. The number of amides is 3. The molecule has 0 aliphatic rings. The van der Waals surface area contributed by atoms with Crippen LogP contribution in [0.25, 0.3) is 0 Å². The molecule has 0 radical (unpaired) electrons. The molecule has 0 aromatic carbocycles. The van der Waals surface area contributed by atoms with Gasteiger partial charge in [0.15, 0.2) is 0 Å². The number of nitrogens with zero attached hydrogens (tertiary/aromatic N) is 1. The Hall–Kier alpha value is -3.56. The lowest BCUT2D eigenvalue weighted by Gasteiger charge is -2.25. The topological polar surface area (TPSA) is 269 Å². The van der Waals surface area contributed by atoms with Crippen molar-refractivity contribution < 1.29 is 34.2 Å². The van der Waals surface area contributed by atoms with E-state index in [9.17, 15) is 29.1 Å². The Balaban J connectivity index is 2.95. The molecule has 0 saturated heterocycles. The zero-order valence-electron chi connectivity index (χ0n) is 21.4. The van der Waals surface area contributed by atoms with Gasteiger partial charge < -0.3 is 48.3 Å². The van der Waals surface area contributed by atoms with E-state index in [1.807, 2.05) is 0 Å². The molecule has 4 atom stereocenters. The second-order valence-corrected chi connectivity index (χ2v) is 8.91. The molecule has 38 heavy (non-hydrogen) atoms. The Morgan fingerprint density at radius 3 is 1.79 bits per heavy atom. The number of hydrogen-bond acceptors (Lipinski definition) is 9. The number of carbonyl (C=O) groups excluding carboxylic acids is 3. The maximum absolute atomic E-state index is 13.2. The van der Waals surface area contributed by atoms with Gasteiger partial charge >= 0.3 is 11.9 Å². The van der Waals surface area contributed by atoms with Gasteiger partial charge in [-0.2, -0.15) is 0 Å². The zero-order valence-corrected chi connectivity index (χ0v) is 21.4. The first-order valence-corrected chi connectivity index (χ1v) is 12.6. The molecule has 0 bridgehead atoms. The van der Waals surface area contributed by atoms with E-state index in [4.69, 9.17) is 22.3 Å². The predicted molar refractivity (Wildman–Crippen MR) is 136 cm³/mol. The fraction of sp³-hybridized carbons (Fsp3) is 0.652. The maximum atomic E-state index is 13.2. The van der Waals surface area contributed by atoms with Gasteiger partial charge in [0, 0.05) is 24.7 Å². The Bertz CT molecular complexity index is 896. The number of imidazole rings is 1. The van der Waals surface area contributed by atoms with Crippen molar-refractivity contribution in [1.82, 2.24) is 25.9 Å². The SMILES string of the molecule is NCCCCC(NC(=O)C(N)Cc1cnc[nH]1)C(=O)NC(CCCCN)C(=O)NC(CCC(=O)O)C(=O)O. The molecule has 4 unspecified atom stereocenters. The summed E-state index contributed by atoms with van der Waals surface area (Å²) in [4.78, 5) is 67.9. The van der Waals surface area contributed by atoms with Gasteiger partial charge in [0.2, 0.25) is 17.7 Å². The minimum absolute atomic E-state index is 0.156. The van der Waals surface area contributed by atoms with Crippen LogP contribution in [0.2, 0.25) is 0 Å². The molecule has 3 amide bonds. The molecule has 1 rings (SSSR count). The average molecular weight is 541 g/mol. The first kappa shape index (κ1) is 32.5. The first-order valence-electron chi connectivity index (χ1n) is 12.6. The van der Waals surface area contributed by atoms with Crippen LogP contribution in [0.1, 0.15) is 57.1 Å². The van der Waals surface area contributed by atoms with Crippen LogP contribution in [0.5, 0.6) is 0 Å². The van der Waals surface area contributed by atoms with Crippen LogP contribution in [0.15, 0.2) is 12.5 Å².